The Morgan fingerprint density at radius 1 is 1.29 bits per heavy atom. The molecule has 1 heterocycles. The van der Waals surface area contributed by atoms with Gasteiger partial charge in [0.15, 0.2) is 0 Å². The van der Waals surface area contributed by atoms with Gasteiger partial charge in [-0.2, -0.15) is 0 Å². The molecular weight excluding hydrogens is 192 g/mol. The minimum absolute atomic E-state index is 0.793. The number of hydrogen-bond donors (Lipinski definition) is 1. The average molecular weight is 204 g/mol. The van der Waals surface area contributed by atoms with E-state index >= 15 is 0 Å². The number of aryl methyl sites for hydroxylation is 1. The Labute approximate surface area is 87.4 Å². The van der Waals surface area contributed by atoms with Crippen molar-refractivity contribution in [2.45, 2.75) is 13.3 Å². The Balaban J connectivity index is 2.34. The van der Waals surface area contributed by atoms with Crippen molar-refractivity contribution in [3.63, 3.8) is 0 Å². The van der Waals surface area contributed by atoms with Crippen LogP contribution in [0, 0.1) is 0 Å². The van der Waals surface area contributed by atoms with E-state index < -0.39 is 0 Å². The van der Waals surface area contributed by atoms with E-state index in [2.05, 4.69) is 17.3 Å². The third-order valence-electron chi connectivity index (χ3n) is 2.07. The first-order valence-electron chi connectivity index (χ1n) is 4.60. The molecule has 0 bridgehead atoms. The van der Waals surface area contributed by atoms with Gasteiger partial charge in [-0.25, -0.2) is 4.98 Å². The third-order valence-corrected chi connectivity index (χ3v) is 3.01. The number of nitrogens with zero attached hydrogens (tertiary/aromatic N) is 1. The molecule has 0 aliphatic carbocycles. The fourth-order valence-electron chi connectivity index (χ4n) is 1.23. The molecule has 2 rings (SSSR count). The van der Waals surface area contributed by atoms with Crippen LogP contribution < -0.4 is 5.73 Å². The molecule has 0 aliphatic rings. The highest BCUT2D eigenvalue weighted by Crippen LogP contribution is 2.24. The molecule has 2 aromatic rings. The van der Waals surface area contributed by atoms with Crippen LogP contribution in [0.25, 0.3) is 10.6 Å². The SMILES string of the molecule is CCc1csc(-c2ccc(N)cc2)n1. The Kier molecular flexibility index (Phi) is 2.50. The van der Waals surface area contributed by atoms with Crippen molar-refractivity contribution in [2.75, 3.05) is 5.73 Å². The van der Waals surface area contributed by atoms with Gasteiger partial charge in [0.25, 0.3) is 0 Å². The molecule has 0 aliphatic heterocycles. The Morgan fingerprint density at radius 3 is 2.57 bits per heavy atom. The van der Waals surface area contributed by atoms with Crippen LogP contribution in [0.3, 0.4) is 0 Å². The van der Waals surface area contributed by atoms with Crippen LogP contribution in [0.5, 0.6) is 0 Å². The van der Waals surface area contributed by atoms with Gasteiger partial charge in [-0.3, -0.25) is 0 Å². The van der Waals surface area contributed by atoms with Crippen molar-refractivity contribution in [2.24, 2.45) is 0 Å². The van der Waals surface area contributed by atoms with Gasteiger partial charge in [-0.05, 0) is 30.7 Å². The van der Waals surface area contributed by atoms with Crippen LogP contribution in [-0.4, -0.2) is 4.98 Å². The summed E-state index contributed by atoms with van der Waals surface area (Å²) in [7, 11) is 0. The van der Waals surface area contributed by atoms with E-state index in [1.807, 2.05) is 24.3 Å². The summed E-state index contributed by atoms with van der Waals surface area (Å²) >= 11 is 1.68. The van der Waals surface area contributed by atoms with Gasteiger partial charge in [0.2, 0.25) is 0 Å². The lowest BCUT2D eigenvalue weighted by atomic mass is 10.2. The highest BCUT2D eigenvalue weighted by molar-refractivity contribution is 7.13. The maximum absolute atomic E-state index is 5.62. The molecule has 0 atom stereocenters. The molecule has 0 unspecified atom stereocenters. The van der Waals surface area contributed by atoms with Gasteiger partial charge in [0.1, 0.15) is 5.01 Å². The standard InChI is InChI=1S/C11H12N2S/c1-2-10-7-14-11(13-10)8-3-5-9(12)6-4-8/h3-7H,2,12H2,1H3. The molecule has 3 heteroatoms. The van der Waals surface area contributed by atoms with Crippen LogP contribution >= 0.6 is 11.3 Å². The minimum atomic E-state index is 0.793. The largest absolute Gasteiger partial charge is 0.399 e. The van der Waals surface area contributed by atoms with E-state index in [1.165, 1.54) is 0 Å². The lowest BCUT2D eigenvalue weighted by Gasteiger charge is -1.96. The molecule has 2 nitrogen and oxygen atoms in total. The summed E-state index contributed by atoms with van der Waals surface area (Å²) < 4.78 is 0. The molecule has 0 saturated carbocycles. The number of anilines is 1. The quantitative estimate of drug-likeness (QED) is 0.764. The van der Waals surface area contributed by atoms with Crippen LogP contribution in [0.15, 0.2) is 29.6 Å². The van der Waals surface area contributed by atoms with Crippen LogP contribution in [-0.2, 0) is 6.42 Å². The van der Waals surface area contributed by atoms with E-state index in [4.69, 9.17) is 5.73 Å². The van der Waals surface area contributed by atoms with E-state index in [-0.39, 0.29) is 0 Å². The molecule has 1 aromatic heterocycles. The van der Waals surface area contributed by atoms with Crippen LogP contribution in [0.2, 0.25) is 0 Å². The normalized spacial score (nSPS) is 10.4. The zero-order chi connectivity index (χ0) is 9.97. The summed E-state index contributed by atoms with van der Waals surface area (Å²) in [4.78, 5) is 4.51. The zero-order valence-corrected chi connectivity index (χ0v) is 8.84. The van der Waals surface area contributed by atoms with Gasteiger partial charge in [-0.1, -0.05) is 6.92 Å². The minimum Gasteiger partial charge on any atom is -0.399 e. The number of nitrogens with two attached hydrogens (primary N) is 1. The van der Waals surface area contributed by atoms with Gasteiger partial charge in [0.05, 0.1) is 5.69 Å². The van der Waals surface area contributed by atoms with E-state index in [1.54, 1.807) is 11.3 Å². The molecule has 0 fully saturated rings. The van der Waals surface area contributed by atoms with Crippen molar-refractivity contribution in [3.05, 3.63) is 35.3 Å². The molecule has 0 radical (unpaired) electrons. The van der Waals surface area contributed by atoms with Gasteiger partial charge in [0, 0.05) is 16.6 Å². The topological polar surface area (TPSA) is 38.9 Å². The van der Waals surface area contributed by atoms with Crippen molar-refractivity contribution in [3.8, 4) is 10.6 Å². The fraction of sp³-hybridized carbons (Fsp3) is 0.182. The Bertz CT molecular complexity index is 417. The van der Waals surface area contributed by atoms with E-state index in [0.717, 1.165) is 28.4 Å². The number of benzene rings is 1. The number of aromatic nitrogens is 1. The van der Waals surface area contributed by atoms with Crippen molar-refractivity contribution >= 4 is 17.0 Å². The number of thiazole rings is 1. The molecule has 1 aromatic carbocycles. The molecular formula is C11H12N2S. The lowest BCUT2D eigenvalue weighted by Crippen LogP contribution is -1.84. The summed E-state index contributed by atoms with van der Waals surface area (Å²) in [6.45, 7) is 2.11. The fourth-order valence-corrected chi connectivity index (χ4v) is 2.14. The summed E-state index contributed by atoms with van der Waals surface area (Å²) in [5, 5.41) is 3.17. The van der Waals surface area contributed by atoms with Gasteiger partial charge < -0.3 is 5.73 Å². The third kappa shape index (κ3) is 1.77. The van der Waals surface area contributed by atoms with Crippen molar-refractivity contribution in [1.82, 2.24) is 4.98 Å². The van der Waals surface area contributed by atoms with Gasteiger partial charge >= 0.3 is 0 Å². The van der Waals surface area contributed by atoms with E-state index in [0.29, 0.717) is 0 Å². The maximum atomic E-state index is 5.62. The average Bonchev–Trinajstić information content (AvgIpc) is 2.67. The Morgan fingerprint density at radius 2 is 2.00 bits per heavy atom. The lowest BCUT2D eigenvalue weighted by molar-refractivity contribution is 1.07. The first-order valence-corrected chi connectivity index (χ1v) is 5.48. The molecule has 2 N–H and O–H groups in total. The molecule has 72 valence electrons. The molecule has 14 heavy (non-hydrogen) atoms. The second-order valence-electron chi connectivity index (χ2n) is 3.12. The zero-order valence-electron chi connectivity index (χ0n) is 8.03. The van der Waals surface area contributed by atoms with Crippen molar-refractivity contribution < 1.29 is 0 Å². The van der Waals surface area contributed by atoms with E-state index in [9.17, 15) is 0 Å². The highest BCUT2D eigenvalue weighted by atomic mass is 32.1. The summed E-state index contributed by atoms with van der Waals surface area (Å²) in [6.07, 6.45) is 0.992. The number of nitrogen functional groups attached to an aromatic ring is 1. The first-order chi connectivity index (χ1) is 6.79. The maximum Gasteiger partial charge on any atom is 0.123 e. The first kappa shape index (κ1) is 9.21. The Hall–Kier alpha value is -1.35. The monoisotopic (exact) mass is 204 g/mol. The smallest absolute Gasteiger partial charge is 0.123 e. The second kappa shape index (κ2) is 3.80. The highest BCUT2D eigenvalue weighted by Gasteiger charge is 2.02. The summed E-state index contributed by atoms with van der Waals surface area (Å²) in [6, 6.07) is 7.83. The predicted molar refractivity (Wildman–Crippen MR) is 61.3 cm³/mol. The van der Waals surface area contributed by atoms with Crippen LogP contribution in [0.4, 0.5) is 5.69 Å². The van der Waals surface area contributed by atoms with Gasteiger partial charge in [-0.15, -0.1) is 11.3 Å². The second-order valence-corrected chi connectivity index (χ2v) is 3.98. The van der Waals surface area contributed by atoms with Crippen molar-refractivity contribution in [1.29, 1.82) is 0 Å². The van der Waals surface area contributed by atoms with Crippen LogP contribution in [0.1, 0.15) is 12.6 Å². The summed E-state index contributed by atoms with van der Waals surface area (Å²) in [5.74, 6) is 0. The molecule has 0 saturated heterocycles. The number of hydrogen-bond acceptors (Lipinski definition) is 3. The predicted octanol–water partition coefficient (Wildman–Crippen LogP) is 2.95. The number of rotatable bonds is 2. The molecule has 0 spiro atoms. The summed E-state index contributed by atoms with van der Waals surface area (Å²) in [5.41, 5.74) is 8.71. The molecule has 0 amide bonds.